The molecule has 0 saturated carbocycles. The summed E-state index contributed by atoms with van der Waals surface area (Å²) in [5.74, 6) is 10.3. The van der Waals surface area contributed by atoms with Crippen molar-refractivity contribution in [3.05, 3.63) is 47.1 Å². The molecule has 1 unspecified atom stereocenters. The SMILES string of the molecule is CC1=CC2=CC=C(/C(=N/N)NN)C(=O)C2C=C1. The van der Waals surface area contributed by atoms with Crippen molar-refractivity contribution in [2.75, 3.05) is 0 Å². The van der Waals surface area contributed by atoms with Gasteiger partial charge in [-0.3, -0.25) is 4.79 Å². The number of hydrazone groups is 1. The third-order valence-corrected chi connectivity index (χ3v) is 2.82. The Morgan fingerprint density at radius 2 is 2.24 bits per heavy atom. The summed E-state index contributed by atoms with van der Waals surface area (Å²) >= 11 is 0. The fraction of sp³-hybridized carbons (Fsp3) is 0.167. The van der Waals surface area contributed by atoms with Gasteiger partial charge < -0.3 is 11.3 Å². The number of amidine groups is 1. The molecule has 0 aromatic heterocycles. The van der Waals surface area contributed by atoms with Crippen molar-refractivity contribution in [3.8, 4) is 0 Å². The highest BCUT2D eigenvalue weighted by Crippen LogP contribution is 2.29. The lowest BCUT2D eigenvalue weighted by Crippen LogP contribution is -2.37. The van der Waals surface area contributed by atoms with Crippen LogP contribution in [0.2, 0.25) is 0 Å². The van der Waals surface area contributed by atoms with E-state index in [1.807, 2.05) is 31.2 Å². The quantitative estimate of drug-likeness (QED) is 0.261. The van der Waals surface area contributed by atoms with E-state index in [0.717, 1.165) is 11.1 Å². The van der Waals surface area contributed by atoms with E-state index in [1.54, 1.807) is 6.08 Å². The second kappa shape index (κ2) is 4.39. The van der Waals surface area contributed by atoms with Gasteiger partial charge in [0.05, 0.1) is 11.5 Å². The molecule has 0 saturated heterocycles. The van der Waals surface area contributed by atoms with Crippen molar-refractivity contribution in [1.29, 1.82) is 0 Å². The fourth-order valence-corrected chi connectivity index (χ4v) is 1.96. The number of Topliss-reactive ketones (excluding diaryl/α,β-unsaturated/α-hetero) is 1. The smallest absolute Gasteiger partial charge is 0.177 e. The first-order chi connectivity index (χ1) is 8.17. The lowest BCUT2D eigenvalue weighted by molar-refractivity contribution is -0.116. The molecule has 1 atom stereocenters. The monoisotopic (exact) mass is 230 g/mol. The Balaban J connectivity index is 2.42. The summed E-state index contributed by atoms with van der Waals surface area (Å²) in [5.41, 5.74) is 4.83. The van der Waals surface area contributed by atoms with Crippen LogP contribution in [0.1, 0.15) is 6.92 Å². The zero-order valence-electron chi connectivity index (χ0n) is 9.47. The van der Waals surface area contributed by atoms with Gasteiger partial charge in [0.2, 0.25) is 0 Å². The van der Waals surface area contributed by atoms with Gasteiger partial charge in [0.1, 0.15) is 0 Å². The number of ketones is 1. The molecule has 5 N–H and O–H groups in total. The number of hydrogen-bond donors (Lipinski definition) is 3. The molecule has 0 heterocycles. The van der Waals surface area contributed by atoms with Crippen molar-refractivity contribution >= 4 is 11.6 Å². The number of carbonyl (C=O) groups is 1. The predicted octanol–water partition coefficient (Wildman–Crippen LogP) is 0.290. The molecule has 0 bridgehead atoms. The molecule has 0 aromatic rings. The first-order valence-corrected chi connectivity index (χ1v) is 5.25. The van der Waals surface area contributed by atoms with E-state index in [1.165, 1.54) is 0 Å². The number of carbonyl (C=O) groups excluding carboxylic acids is 1. The molecule has 5 nitrogen and oxygen atoms in total. The lowest BCUT2D eigenvalue weighted by atomic mass is 9.81. The van der Waals surface area contributed by atoms with E-state index in [0.29, 0.717) is 5.57 Å². The van der Waals surface area contributed by atoms with E-state index in [-0.39, 0.29) is 17.5 Å². The predicted molar refractivity (Wildman–Crippen MR) is 66.5 cm³/mol. The molecule has 88 valence electrons. The number of rotatable bonds is 1. The summed E-state index contributed by atoms with van der Waals surface area (Å²) in [7, 11) is 0. The summed E-state index contributed by atoms with van der Waals surface area (Å²) in [4.78, 5) is 12.2. The van der Waals surface area contributed by atoms with Gasteiger partial charge in [-0.2, -0.15) is 5.10 Å². The normalized spacial score (nSPS) is 23.6. The Labute approximate surface area is 99.2 Å². The minimum absolute atomic E-state index is 0.0512. The lowest BCUT2D eigenvalue weighted by Gasteiger charge is -2.22. The van der Waals surface area contributed by atoms with Gasteiger partial charge in [0, 0.05) is 0 Å². The highest BCUT2D eigenvalue weighted by molar-refractivity contribution is 6.24. The third-order valence-electron chi connectivity index (χ3n) is 2.82. The molecule has 0 aromatic carbocycles. The molecular weight excluding hydrogens is 216 g/mol. The van der Waals surface area contributed by atoms with Gasteiger partial charge in [-0.25, -0.2) is 5.84 Å². The maximum Gasteiger partial charge on any atom is 0.177 e. The summed E-state index contributed by atoms with van der Waals surface area (Å²) in [6.07, 6.45) is 9.36. The first-order valence-electron chi connectivity index (χ1n) is 5.25. The van der Waals surface area contributed by atoms with E-state index >= 15 is 0 Å². The van der Waals surface area contributed by atoms with Crippen molar-refractivity contribution < 1.29 is 4.79 Å². The highest BCUT2D eigenvalue weighted by Gasteiger charge is 2.29. The van der Waals surface area contributed by atoms with Crippen molar-refractivity contribution in [2.24, 2.45) is 22.7 Å². The van der Waals surface area contributed by atoms with Crippen LogP contribution >= 0.6 is 0 Å². The zero-order chi connectivity index (χ0) is 12.4. The molecule has 2 aliphatic rings. The van der Waals surface area contributed by atoms with Crippen LogP contribution in [0.3, 0.4) is 0 Å². The van der Waals surface area contributed by atoms with Crippen LogP contribution in [0, 0.1) is 5.92 Å². The molecule has 0 radical (unpaired) electrons. The standard InChI is InChI=1S/C12H14N4O/c1-7-2-4-9-8(6-7)3-5-10(11(9)17)12(15-13)16-14/h2-6,9H,13-14H2,1H3,(H,15,16). The number of nitrogens with one attached hydrogen (secondary N) is 1. The van der Waals surface area contributed by atoms with Gasteiger partial charge in [-0.05, 0) is 18.6 Å². The van der Waals surface area contributed by atoms with Gasteiger partial charge in [0.15, 0.2) is 11.6 Å². The Bertz CT molecular complexity index is 509. The van der Waals surface area contributed by atoms with Gasteiger partial charge in [0.25, 0.3) is 0 Å². The fourth-order valence-electron chi connectivity index (χ4n) is 1.96. The van der Waals surface area contributed by atoms with E-state index < -0.39 is 0 Å². The van der Waals surface area contributed by atoms with E-state index in [4.69, 9.17) is 11.7 Å². The zero-order valence-corrected chi connectivity index (χ0v) is 9.47. The summed E-state index contributed by atoms with van der Waals surface area (Å²) in [6.45, 7) is 1.99. The van der Waals surface area contributed by atoms with Crippen molar-refractivity contribution in [2.45, 2.75) is 6.92 Å². The van der Waals surface area contributed by atoms with Crippen LogP contribution in [0.4, 0.5) is 0 Å². The van der Waals surface area contributed by atoms with Gasteiger partial charge >= 0.3 is 0 Å². The number of fused-ring (bicyclic) bond motifs is 1. The summed E-state index contributed by atoms with van der Waals surface area (Å²) in [5, 5.41) is 3.46. The second-order valence-corrected chi connectivity index (χ2v) is 3.96. The van der Waals surface area contributed by atoms with Crippen LogP contribution in [-0.4, -0.2) is 11.6 Å². The molecule has 0 amide bonds. The van der Waals surface area contributed by atoms with Crippen LogP contribution < -0.4 is 17.1 Å². The van der Waals surface area contributed by atoms with Crippen LogP contribution in [0.5, 0.6) is 0 Å². The van der Waals surface area contributed by atoms with Gasteiger partial charge in [-0.1, -0.05) is 29.9 Å². The molecule has 2 rings (SSSR count). The Morgan fingerprint density at radius 3 is 2.88 bits per heavy atom. The maximum atomic E-state index is 12.2. The molecule has 2 aliphatic carbocycles. The molecule has 17 heavy (non-hydrogen) atoms. The van der Waals surface area contributed by atoms with E-state index in [2.05, 4.69) is 10.5 Å². The summed E-state index contributed by atoms with van der Waals surface area (Å²) in [6, 6.07) is 0. The first kappa shape index (κ1) is 11.3. The maximum absolute atomic E-state index is 12.2. The Morgan fingerprint density at radius 1 is 1.47 bits per heavy atom. The number of nitrogens with two attached hydrogens (primary N) is 2. The van der Waals surface area contributed by atoms with Crippen molar-refractivity contribution in [3.63, 3.8) is 0 Å². The molecule has 0 spiro atoms. The molecule has 0 aliphatic heterocycles. The van der Waals surface area contributed by atoms with Crippen LogP contribution in [-0.2, 0) is 4.79 Å². The van der Waals surface area contributed by atoms with Crippen molar-refractivity contribution in [1.82, 2.24) is 5.43 Å². The second-order valence-electron chi connectivity index (χ2n) is 3.96. The number of hydrogen-bond acceptors (Lipinski definition) is 4. The molecule has 0 fully saturated rings. The third kappa shape index (κ3) is 1.92. The number of allylic oxidation sites excluding steroid dienone is 7. The largest absolute Gasteiger partial charge is 0.321 e. The molecule has 5 heteroatoms. The summed E-state index contributed by atoms with van der Waals surface area (Å²) < 4.78 is 0. The Kier molecular flexibility index (Phi) is 2.93. The average Bonchev–Trinajstić information content (AvgIpc) is 2.33. The number of nitrogens with zero attached hydrogens (tertiary/aromatic N) is 1. The molecular formula is C12H14N4O. The van der Waals surface area contributed by atoms with E-state index in [9.17, 15) is 4.79 Å². The average molecular weight is 230 g/mol. The minimum atomic E-state index is -0.260. The van der Waals surface area contributed by atoms with Crippen LogP contribution in [0.15, 0.2) is 52.2 Å². The minimum Gasteiger partial charge on any atom is -0.321 e. The Hall–Kier alpha value is -2.14. The topological polar surface area (TPSA) is 93.5 Å². The van der Waals surface area contributed by atoms with Gasteiger partial charge in [-0.15, -0.1) is 0 Å². The highest BCUT2D eigenvalue weighted by atomic mass is 16.1. The number of hydrazine groups is 1. The van der Waals surface area contributed by atoms with Crippen LogP contribution in [0.25, 0.3) is 0 Å².